The van der Waals surface area contributed by atoms with Crippen LogP contribution in [0.3, 0.4) is 0 Å². The second-order valence-electron chi connectivity index (χ2n) is 7.82. The molecule has 6 nitrogen and oxygen atoms in total. The number of fused-ring (bicyclic) bond motifs is 1. The zero-order valence-electron chi connectivity index (χ0n) is 16.4. The number of nitrogens with zero attached hydrogens (tertiary/aromatic N) is 2. The predicted molar refractivity (Wildman–Crippen MR) is 109 cm³/mol. The number of aromatic nitrogens is 2. The molecule has 0 unspecified atom stereocenters. The second-order valence-corrected chi connectivity index (χ2v) is 9.12. The third-order valence-corrected chi connectivity index (χ3v) is 6.43. The molecule has 1 aromatic carbocycles. The van der Waals surface area contributed by atoms with E-state index in [1.54, 1.807) is 12.1 Å². The molecule has 2 aliphatic rings. The van der Waals surface area contributed by atoms with Gasteiger partial charge >= 0.3 is 0 Å². The number of nitrogens with one attached hydrogen (secondary N) is 1. The van der Waals surface area contributed by atoms with E-state index in [1.165, 1.54) is 24.9 Å². The molecule has 0 saturated carbocycles. The van der Waals surface area contributed by atoms with Gasteiger partial charge in [-0.3, -0.25) is 14.6 Å². The monoisotopic (exact) mass is 405 g/mol. The Morgan fingerprint density at radius 1 is 1.43 bits per heavy atom. The summed E-state index contributed by atoms with van der Waals surface area (Å²) in [6, 6.07) is 4.83. The van der Waals surface area contributed by atoms with Crippen LogP contribution in [-0.2, 0) is 4.74 Å². The minimum atomic E-state index is -0.448. The molecule has 8 heteroatoms. The number of aromatic amines is 1. The summed E-state index contributed by atoms with van der Waals surface area (Å²) in [7, 11) is 1.50. The third kappa shape index (κ3) is 3.39. The van der Waals surface area contributed by atoms with Gasteiger partial charge in [0.15, 0.2) is 5.82 Å². The fraction of sp³-hybridized carbons (Fsp3) is 0.500. The zero-order valence-corrected chi connectivity index (χ0v) is 17.2. The summed E-state index contributed by atoms with van der Waals surface area (Å²) < 4.78 is 27.5. The first-order valence-electron chi connectivity index (χ1n) is 9.33. The van der Waals surface area contributed by atoms with E-state index in [4.69, 9.17) is 9.47 Å². The Bertz CT molecular complexity index is 995. The number of rotatable bonds is 3. The molecule has 2 aliphatic heterocycles. The standard InChI is InChI=1S/C20H24FN3O3S/c1-11-22-18-16(17(28-11)14-6-5-13(26-4)9-15(14)21)19(25)23-24(18)12-7-8-27-20(2,3)10-12/h5-6,9,12,17H,7-8,10H2,1-4H3,(H,23,25)/t12-,17-/m0/s1. The Morgan fingerprint density at radius 2 is 2.21 bits per heavy atom. The SMILES string of the molecule is COc1ccc([C@@H]2SC(C)=Nc3c2c(=O)[nH]n3[C@H]2CCOC(C)(C)C2)c(F)c1. The number of hydrogen-bond acceptors (Lipinski definition) is 5. The molecule has 2 aromatic rings. The maximum absolute atomic E-state index is 14.8. The molecular weight excluding hydrogens is 381 g/mol. The lowest BCUT2D eigenvalue weighted by atomic mass is 9.94. The summed E-state index contributed by atoms with van der Waals surface area (Å²) in [6.07, 6.45) is 1.57. The zero-order chi connectivity index (χ0) is 20.1. The number of hydrogen-bond donors (Lipinski definition) is 1. The maximum atomic E-state index is 14.8. The largest absolute Gasteiger partial charge is 0.497 e. The normalized spacial score (nSPS) is 23.8. The maximum Gasteiger partial charge on any atom is 0.271 e. The molecule has 2 atom stereocenters. The Kier molecular flexibility index (Phi) is 4.87. The van der Waals surface area contributed by atoms with Gasteiger partial charge in [-0.05, 0) is 39.7 Å². The van der Waals surface area contributed by atoms with Crippen molar-refractivity contribution in [2.75, 3.05) is 13.7 Å². The van der Waals surface area contributed by atoms with Crippen LogP contribution in [0.5, 0.6) is 5.75 Å². The van der Waals surface area contributed by atoms with Gasteiger partial charge in [-0.1, -0.05) is 17.8 Å². The van der Waals surface area contributed by atoms with E-state index in [9.17, 15) is 9.18 Å². The van der Waals surface area contributed by atoms with E-state index >= 15 is 0 Å². The number of ether oxygens (including phenoxy) is 2. The molecular formula is C20H24FN3O3S. The minimum Gasteiger partial charge on any atom is -0.497 e. The highest BCUT2D eigenvalue weighted by Gasteiger charge is 2.36. The number of thioether (sulfide) groups is 1. The van der Waals surface area contributed by atoms with E-state index in [1.807, 2.05) is 25.5 Å². The summed E-state index contributed by atoms with van der Waals surface area (Å²) >= 11 is 1.39. The fourth-order valence-electron chi connectivity index (χ4n) is 3.96. The Hall–Kier alpha value is -2.06. The number of methoxy groups -OCH3 is 1. The lowest BCUT2D eigenvalue weighted by molar-refractivity contribution is -0.0705. The van der Waals surface area contributed by atoms with E-state index < -0.39 is 11.1 Å². The van der Waals surface area contributed by atoms with Gasteiger partial charge in [-0.25, -0.2) is 9.38 Å². The number of aliphatic imine (C=N–C) groups is 1. The first-order chi connectivity index (χ1) is 13.3. The van der Waals surface area contributed by atoms with Gasteiger partial charge in [0.25, 0.3) is 5.56 Å². The van der Waals surface area contributed by atoms with Crippen LogP contribution in [0.15, 0.2) is 28.0 Å². The van der Waals surface area contributed by atoms with Crippen molar-refractivity contribution in [3.05, 3.63) is 45.5 Å². The highest BCUT2D eigenvalue weighted by Crippen LogP contribution is 2.46. The summed E-state index contributed by atoms with van der Waals surface area (Å²) in [5.74, 6) is 0.657. The van der Waals surface area contributed by atoms with Gasteiger partial charge in [-0.15, -0.1) is 0 Å². The van der Waals surface area contributed by atoms with Crippen LogP contribution >= 0.6 is 11.8 Å². The lowest BCUT2D eigenvalue weighted by Crippen LogP contribution is -2.35. The Morgan fingerprint density at radius 3 is 2.89 bits per heavy atom. The van der Waals surface area contributed by atoms with Gasteiger partial charge in [0.05, 0.1) is 34.6 Å². The molecule has 1 saturated heterocycles. The molecule has 0 aliphatic carbocycles. The summed E-state index contributed by atoms with van der Waals surface area (Å²) in [4.78, 5) is 17.5. The molecule has 1 fully saturated rings. The van der Waals surface area contributed by atoms with Crippen molar-refractivity contribution in [2.24, 2.45) is 4.99 Å². The van der Waals surface area contributed by atoms with Gasteiger partial charge in [0.2, 0.25) is 0 Å². The summed E-state index contributed by atoms with van der Waals surface area (Å²) in [5.41, 5.74) is 0.477. The fourth-order valence-corrected chi connectivity index (χ4v) is 5.09. The second kappa shape index (κ2) is 7.08. The first-order valence-corrected chi connectivity index (χ1v) is 10.2. The van der Waals surface area contributed by atoms with Gasteiger partial charge < -0.3 is 9.47 Å². The van der Waals surface area contributed by atoms with Crippen LogP contribution in [-0.4, -0.2) is 34.1 Å². The quantitative estimate of drug-likeness (QED) is 0.825. The van der Waals surface area contributed by atoms with Crippen molar-refractivity contribution in [3.63, 3.8) is 0 Å². The molecule has 1 aromatic heterocycles. The molecule has 0 bridgehead atoms. The van der Waals surface area contributed by atoms with Crippen LogP contribution in [0.2, 0.25) is 0 Å². The molecule has 4 rings (SSSR count). The highest BCUT2D eigenvalue weighted by atomic mass is 32.2. The summed E-state index contributed by atoms with van der Waals surface area (Å²) in [5, 5.41) is 3.31. The van der Waals surface area contributed by atoms with Gasteiger partial charge in [0, 0.05) is 18.2 Å². The topological polar surface area (TPSA) is 68.6 Å². The van der Waals surface area contributed by atoms with Crippen molar-refractivity contribution in [1.29, 1.82) is 0 Å². The van der Waals surface area contributed by atoms with Gasteiger partial charge in [0.1, 0.15) is 11.6 Å². The molecule has 0 spiro atoms. The third-order valence-electron chi connectivity index (χ3n) is 5.28. The average molecular weight is 405 g/mol. The van der Waals surface area contributed by atoms with E-state index in [0.717, 1.165) is 17.9 Å². The van der Waals surface area contributed by atoms with Crippen molar-refractivity contribution in [1.82, 2.24) is 9.78 Å². The van der Waals surface area contributed by atoms with E-state index in [-0.39, 0.29) is 17.2 Å². The molecule has 0 amide bonds. The van der Waals surface area contributed by atoms with Crippen LogP contribution in [0.25, 0.3) is 0 Å². The number of H-pyrrole nitrogens is 1. The average Bonchev–Trinajstić information content (AvgIpc) is 2.96. The number of benzene rings is 1. The first kappa shape index (κ1) is 19.3. The van der Waals surface area contributed by atoms with Crippen molar-refractivity contribution < 1.29 is 13.9 Å². The smallest absolute Gasteiger partial charge is 0.271 e. The van der Waals surface area contributed by atoms with Crippen molar-refractivity contribution >= 4 is 22.6 Å². The van der Waals surface area contributed by atoms with Gasteiger partial charge in [-0.2, -0.15) is 0 Å². The van der Waals surface area contributed by atoms with E-state index in [2.05, 4.69) is 10.1 Å². The van der Waals surface area contributed by atoms with Crippen molar-refractivity contribution in [2.45, 2.75) is 50.5 Å². The Labute approximate surface area is 167 Å². The highest BCUT2D eigenvalue weighted by molar-refractivity contribution is 8.14. The summed E-state index contributed by atoms with van der Waals surface area (Å²) in [6.45, 7) is 6.61. The van der Waals surface area contributed by atoms with Crippen LogP contribution in [0.1, 0.15) is 56.0 Å². The Balaban J connectivity index is 1.80. The van der Waals surface area contributed by atoms with E-state index in [0.29, 0.717) is 29.3 Å². The molecule has 1 N–H and O–H groups in total. The van der Waals surface area contributed by atoms with Crippen LogP contribution in [0.4, 0.5) is 10.2 Å². The molecule has 3 heterocycles. The van der Waals surface area contributed by atoms with Crippen LogP contribution in [0, 0.1) is 5.82 Å². The number of halogens is 1. The molecule has 0 radical (unpaired) electrons. The lowest BCUT2D eigenvalue weighted by Gasteiger charge is -2.36. The molecule has 28 heavy (non-hydrogen) atoms. The minimum absolute atomic E-state index is 0.0845. The van der Waals surface area contributed by atoms with Crippen molar-refractivity contribution in [3.8, 4) is 5.75 Å². The van der Waals surface area contributed by atoms with Crippen LogP contribution < -0.4 is 10.3 Å². The molecule has 150 valence electrons. The predicted octanol–water partition coefficient (Wildman–Crippen LogP) is 4.34.